The molecule has 0 aromatic heterocycles. The molecule has 0 aromatic rings. The van der Waals surface area contributed by atoms with Crippen molar-refractivity contribution in [2.45, 2.75) is 31.7 Å². The molecule has 0 aliphatic heterocycles. The van der Waals surface area contributed by atoms with Gasteiger partial charge in [-0.15, -0.1) is 6.42 Å². The summed E-state index contributed by atoms with van der Waals surface area (Å²) in [5.74, 6) is 2.26. The molecule has 0 bridgehead atoms. The zero-order valence-electron chi connectivity index (χ0n) is 9.41. The Labute approximate surface area is 96.6 Å². The van der Waals surface area contributed by atoms with Crippen LogP contribution in [0.25, 0.3) is 0 Å². The van der Waals surface area contributed by atoms with E-state index in [2.05, 4.69) is 17.3 Å². The van der Waals surface area contributed by atoms with Crippen LogP contribution in [0.15, 0.2) is 0 Å². The zero-order chi connectivity index (χ0) is 11.8. The van der Waals surface area contributed by atoms with Crippen LogP contribution in [0.3, 0.4) is 0 Å². The van der Waals surface area contributed by atoms with E-state index < -0.39 is 0 Å². The number of nitrogens with zero attached hydrogens (tertiary/aromatic N) is 2. The lowest BCUT2D eigenvalue weighted by Crippen LogP contribution is -2.42. The summed E-state index contributed by atoms with van der Waals surface area (Å²) in [5, 5.41) is 11.3. The van der Waals surface area contributed by atoms with Crippen LogP contribution in [0.4, 0.5) is 0 Å². The van der Waals surface area contributed by atoms with Crippen molar-refractivity contribution >= 4 is 5.91 Å². The third-order valence-corrected chi connectivity index (χ3v) is 2.85. The Morgan fingerprint density at radius 3 is 2.75 bits per heavy atom. The van der Waals surface area contributed by atoms with Crippen molar-refractivity contribution in [2.24, 2.45) is 0 Å². The highest BCUT2D eigenvalue weighted by Crippen LogP contribution is 2.22. The van der Waals surface area contributed by atoms with E-state index in [0.717, 1.165) is 12.8 Å². The molecule has 4 nitrogen and oxygen atoms in total. The first kappa shape index (κ1) is 12.5. The summed E-state index contributed by atoms with van der Waals surface area (Å²) in [5.41, 5.74) is 0. The standard InChI is InChI=1S/C12H17N3O/c1-2-8-14-12(16)10-15(9-7-13)11-5-3-4-6-11/h1,11H,3-6,8-10H2,(H,14,16). The van der Waals surface area contributed by atoms with E-state index in [4.69, 9.17) is 11.7 Å². The molecule has 1 N–H and O–H groups in total. The monoisotopic (exact) mass is 219 g/mol. The average molecular weight is 219 g/mol. The summed E-state index contributed by atoms with van der Waals surface area (Å²) in [6.07, 6.45) is 9.62. The number of hydrogen-bond donors (Lipinski definition) is 1. The molecule has 0 atom stereocenters. The minimum atomic E-state index is -0.0971. The molecule has 1 rings (SSSR count). The van der Waals surface area contributed by atoms with E-state index in [1.54, 1.807) is 0 Å². The molecule has 1 saturated carbocycles. The van der Waals surface area contributed by atoms with Gasteiger partial charge in [0, 0.05) is 6.04 Å². The van der Waals surface area contributed by atoms with Crippen LogP contribution < -0.4 is 5.32 Å². The van der Waals surface area contributed by atoms with Gasteiger partial charge in [-0.1, -0.05) is 18.8 Å². The van der Waals surface area contributed by atoms with Crippen molar-refractivity contribution in [3.63, 3.8) is 0 Å². The number of carbonyl (C=O) groups is 1. The van der Waals surface area contributed by atoms with E-state index in [0.29, 0.717) is 12.6 Å². The predicted octanol–water partition coefficient (Wildman–Crippen LogP) is 0.504. The highest BCUT2D eigenvalue weighted by Gasteiger charge is 2.23. The fraction of sp³-hybridized carbons (Fsp3) is 0.667. The molecule has 0 spiro atoms. The molecular weight excluding hydrogens is 202 g/mol. The van der Waals surface area contributed by atoms with Crippen LogP contribution in [0.5, 0.6) is 0 Å². The largest absolute Gasteiger partial charge is 0.344 e. The minimum Gasteiger partial charge on any atom is -0.344 e. The van der Waals surface area contributed by atoms with Gasteiger partial charge >= 0.3 is 0 Å². The average Bonchev–Trinajstić information content (AvgIpc) is 2.79. The lowest BCUT2D eigenvalue weighted by molar-refractivity contribution is -0.122. The molecule has 1 fully saturated rings. The molecule has 0 saturated heterocycles. The van der Waals surface area contributed by atoms with Crippen LogP contribution >= 0.6 is 0 Å². The number of carbonyl (C=O) groups excluding carboxylic acids is 1. The molecule has 0 radical (unpaired) electrons. The predicted molar refractivity (Wildman–Crippen MR) is 61.3 cm³/mol. The van der Waals surface area contributed by atoms with E-state index in [1.807, 2.05) is 4.90 Å². The Bertz CT molecular complexity index is 307. The molecule has 0 heterocycles. The summed E-state index contributed by atoms with van der Waals surface area (Å²) in [6, 6.07) is 2.50. The van der Waals surface area contributed by atoms with Gasteiger partial charge in [-0.3, -0.25) is 9.69 Å². The lowest BCUT2D eigenvalue weighted by Gasteiger charge is -2.25. The van der Waals surface area contributed by atoms with Gasteiger partial charge in [0.15, 0.2) is 0 Å². The Morgan fingerprint density at radius 2 is 2.19 bits per heavy atom. The topological polar surface area (TPSA) is 56.1 Å². The van der Waals surface area contributed by atoms with E-state index in [9.17, 15) is 4.79 Å². The number of hydrogen-bond acceptors (Lipinski definition) is 3. The van der Waals surface area contributed by atoms with Crippen LogP contribution in [0, 0.1) is 23.7 Å². The molecular formula is C12H17N3O. The van der Waals surface area contributed by atoms with E-state index >= 15 is 0 Å². The van der Waals surface area contributed by atoms with Gasteiger partial charge in [-0.25, -0.2) is 0 Å². The molecule has 0 unspecified atom stereocenters. The number of rotatable bonds is 5. The second-order valence-electron chi connectivity index (χ2n) is 3.98. The maximum absolute atomic E-state index is 11.5. The quantitative estimate of drug-likeness (QED) is 0.541. The van der Waals surface area contributed by atoms with E-state index in [1.165, 1.54) is 12.8 Å². The lowest BCUT2D eigenvalue weighted by atomic mass is 10.2. The third-order valence-electron chi connectivity index (χ3n) is 2.85. The van der Waals surface area contributed by atoms with Crippen molar-refractivity contribution in [1.82, 2.24) is 10.2 Å². The van der Waals surface area contributed by atoms with Gasteiger partial charge in [0.05, 0.1) is 25.7 Å². The molecule has 0 aromatic carbocycles. The minimum absolute atomic E-state index is 0.0971. The van der Waals surface area contributed by atoms with Crippen molar-refractivity contribution in [2.75, 3.05) is 19.6 Å². The fourth-order valence-corrected chi connectivity index (χ4v) is 2.06. The fourth-order valence-electron chi connectivity index (χ4n) is 2.06. The number of amides is 1. The van der Waals surface area contributed by atoms with Crippen molar-refractivity contribution in [1.29, 1.82) is 5.26 Å². The second-order valence-corrected chi connectivity index (χ2v) is 3.98. The van der Waals surface area contributed by atoms with Crippen LogP contribution in [0.1, 0.15) is 25.7 Å². The SMILES string of the molecule is C#CCNC(=O)CN(CC#N)C1CCCC1. The van der Waals surface area contributed by atoms with Crippen molar-refractivity contribution < 1.29 is 4.79 Å². The van der Waals surface area contributed by atoms with Gasteiger partial charge in [-0.2, -0.15) is 5.26 Å². The van der Waals surface area contributed by atoms with Gasteiger partial charge in [0.2, 0.25) is 5.91 Å². The number of nitriles is 1. The maximum Gasteiger partial charge on any atom is 0.234 e. The Morgan fingerprint density at radius 1 is 1.50 bits per heavy atom. The first-order valence-electron chi connectivity index (χ1n) is 5.59. The molecule has 86 valence electrons. The summed E-state index contributed by atoms with van der Waals surface area (Å²) in [4.78, 5) is 13.4. The second kappa shape index (κ2) is 6.87. The Kier molecular flexibility index (Phi) is 5.39. The van der Waals surface area contributed by atoms with Crippen LogP contribution in [0.2, 0.25) is 0 Å². The molecule has 1 aliphatic carbocycles. The number of nitrogens with one attached hydrogen (secondary N) is 1. The summed E-state index contributed by atoms with van der Waals surface area (Å²) < 4.78 is 0. The molecule has 1 aliphatic rings. The van der Waals surface area contributed by atoms with Crippen molar-refractivity contribution in [3.8, 4) is 18.4 Å². The van der Waals surface area contributed by atoms with E-state index in [-0.39, 0.29) is 19.0 Å². The zero-order valence-corrected chi connectivity index (χ0v) is 9.41. The molecule has 4 heteroatoms. The molecule has 16 heavy (non-hydrogen) atoms. The van der Waals surface area contributed by atoms with Gasteiger partial charge < -0.3 is 5.32 Å². The van der Waals surface area contributed by atoms with Gasteiger partial charge in [-0.05, 0) is 12.8 Å². The highest BCUT2D eigenvalue weighted by molar-refractivity contribution is 5.78. The molecule has 1 amide bonds. The maximum atomic E-state index is 11.5. The first-order chi connectivity index (χ1) is 7.77. The highest BCUT2D eigenvalue weighted by atomic mass is 16.2. The normalized spacial score (nSPS) is 15.7. The first-order valence-corrected chi connectivity index (χ1v) is 5.59. The van der Waals surface area contributed by atoms with Crippen LogP contribution in [-0.4, -0.2) is 36.5 Å². The third kappa shape index (κ3) is 3.92. The smallest absolute Gasteiger partial charge is 0.234 e. The summed E-state index contributed by atoms with van der Waals surface area (Å²) in [6.45, 7) is 0.845. The van der Waals surface area contributed by atoms with Crippen molar-refractivity contribution in [3.05, 3.63) is 0 Å². The Hall–Kier alpha value is -1.52. The van der Waals surface area contributed by atoms with Gasteiger partial charge in [0.25, 0.3) is 0 Å². The summed E-state index contributed by atoms with van der Waals surface area (Å²) >= 11 is 0. The number of terminal acetylenes is 1. The Balaban J connectivity index is 2.41. The summed E-state index contributed by atoms with van der Waals surface area (Å²) in [7, 11) is 0. The van der Waals surface area contributed by atoms with Gasteiger partial charge in [0.1, 0.15) is 0 Å². The van der Waals surface area contributed by atoms with Crippen LogP contribution in [-0.2, 0) is 4.79 Å².